The maximum Gasteiger partial charge on any atom is 0.573 e. The third kappa shape index (κ3) is 22.6. The number of carbonyl (C=O) groups excluding carboxylic acids is 4. The maximum atomic E-state index is 14.4. The molecule has 141 heavy (non-hydrogen) atoms. The quantitative estimate of drug-likeness (QED) is 0.0546. The number of nitrogens with zero attached hydrogens (tertiary/aromatic N) is 16. The van der Waals surface area contributed by atoms with Crippen LogP contribution in [0.3, 0.4) is 0 Å². The van der Waals surface area contributed by atoms with Crippen LogP contribution >= 0.6 is 45.3 Å². The number of thiazole rings is 4. The van der Waals surface area contributed by atoms with Gasteiger partial charge in [-0.15, -0.1) is 58.5 Å². The summed E-state index contributed by atoms with van der Waals surface area (Å²) in [6.45, 7) is -1.86. The van der Waals surface area contributed by atoms with Crippen molar-refractivity contribution >= 4 is 134 Å². The third-order valence-corrected chi connectivity index (χ3v) is 23.5. The first-order chi connectivity index (χ1) is 66.2. The summed E-state index contributed by atoms with van der Waals surface area (Å²) in [7, 11) is 11.1. The average Bonchev–Trinajstić information content (AvgIpc) is 1.53. The molecule has 16 aromatic rings. The fraction of sp³-hybridized carbons (Fsp3) is 0.200. The fourth-order valence-corrected chi connectivity index (χ4v) is 16.7. The van der Waals surface area contributed by atoms with E-state index in [1.165, 1.54) is 147 Å². The number of aryl methyl sites for hydroxylation is 4. The molecule has 4 amide bonds. The van der Waals surface area contributed by atoms with Crippen LogP contribution in [-0.2, 0) is 114 Å². The lowest BCUT2D eigenvalue weighted by Gasteiger charge is -2.11. The highest BCUT2D eigenvalue weighted by Gasteiger charge is 2.40. The Hall–Kier alpha value is -16.0. The number of alkyl halides is 12. The molecule has 4 aromatic carbocycles. The van der Waals surface area contributed by atoms with E-state index in [9.17, 15) is 137 Å². The molecular formula is C85H60F18N20O14S4. The minimum absolute atomic E-state index is 0.0544. The highest BCUT2D eigenvalue weighted by Crippen LogP contribution is 2.41. The third-order valence-electron chi connectivity index (χ3n) is 20.5. The Morgan fingerprint density at radius 1 is 0.369 bits per heavy atom. The number of benzene rings is 4. The minimum atomic E-state index is -5.24. The summed E-state index contributed by atoms with van der Waals surface area (Å²) in [5.74, 6) is -13.3. The van der Waals surface area contributed by atoms with Gasteiger partial charge in [-0.3, -0.25) is 79.9 Å². The summed E-state index contributed by atoms with van der Waals surface area (Å²) in [6.07, 6.45) is -15.5. The lowest BCUT2D eigenvalue weighted by Crippen LogP contribution is -2.37. The smallest absolute Gasteiger partial charge is 0.478 e. The summed E-state index contributed by atoms with van der Waals surface area (Å²) in [4.78, 5) is 182. The number of carbonyl (C=O) groups is 4. The first-order valence-electron chi connectivity index (χ1n) is 39.5. The van der Waals surface area contributed by atoms with Gasteiger partial charge in [-0.1, -0.05) is 6.07 Å². The van der Waals surface area contributed by atoms with E-state index >= 15 is 0 Å². The van der Waals surface area contributed by atoms with E-state index in [0.717, 1.165) is 111 Å². The van der Waals surface area contributed by atoms with Crippen LogP contribution in [0.5, 0.6) is 11.5 Å². The molecule has 0 unspecified atom stereocenters. The summed E-state index contributed by atoms with van der Waals surface area (Å²) in [5.41, 5.74) is -6.46. The molecule has 12 heterocycles. The Kier molecular flexibility index (Phi) is 29.5. The van der Waals surface area contributed by atoms with Crippen LogP contribution in [0.2, 0.25) is 0 Å². The van der Waals surface area contributed by atoms with Crippen molar-refractivity contribution in [1.29, 1.82) is 0 Å². The molecule has 0 saturated carbocycles. The van der Waals surface area contributed by atoms with Crippen molar-refractivity contribution < 1.29 is 108 Å². The number of pyridine rings is 4. The van der Waals surface area contributed by atoms with Crippen LogP contribution in [0.15, 0.2) is 170 Å². The lowest BCUT2D eigenvalue weighted by molar-refractivity contribution is -0.275. The summed E-state index contributed by atoms with van der Waals surface area (Å²) in [5, 5.41) is 16.3. The van der Waals surface area contributed by atoms with Gasteiger partial charge in [-0.25, -0.2) is 80.4 Å². The molecule has 0 aliphatic carbocycles. The van der Waals surface area contributed by atoms with Crippen molar-refractivity contribution in [3.8, 4) is 56.5 Å². The SMILES string of the molecule is Cn1c(=O)c2c(CC(=O)Nc3nc(-c4cc(F)c(OCC(F)(F)F)c(F)c4)cs3)ccnc2n(C)c1=O.Cn1c(=O)c2c(CC(=O)Nc3nc(-c4ccc(C(F)(F)F)c(F)c4)cs3)ccnc2n(C)c1=O.Cn1c(=O)c2c(CC(=O)Nc3nc(-c4ccc(F)c(C(F)(F)F)c4F)cs3)ccnc2n(C)c1=O.Cn1c(=O)c2c(CC(=O)Nc3nc(-c4ccc(OC(F)(F)F)c(F)c4)cs3)nccc2n(C)c1=O. The number of anilines is 4. The summed E-state index contributed by atoms with van der Waals surface area (Å²) >= 11 is 3.76. The molecule has 56 heteroatoms. The van der Waals surface area contributed by atoms with E-state index in [2.05, 4.69) is 70.6 Å². The van der Waals surface area contributed by atoms with Crippen LogP contribution in [0, 0.1) is 34.9 Å². The number of amides is 4. The largest absolute Gasteiger partial charge is 0.573 e. The predicted octanol–water partition coefficient (Wildman–Crippen LogP) is 12.5. The van der Waals surface area contributed by atoms with E-state index in [0.29, 0.717) is 28.8 Å². The molecule has 0 bridgehead atoms. The van der Waals surface area contributed by atoms with Crippen LogP contribution in [0.1, 0.15) is 33.5 Å². The summed E-state index contributed by atoms with van der Waals surface area (Å²) < 4.78 is 252. The van der Waals surface area contributed by atoms with Gasteiger partial charge in [-0.05, 0) is 95.6 Å². The van der Waals surface area contributed by atoms with E-state index < -0.39 is 163 Å². The molecule has 34 nitrogen and oxygen atoms in total. The van der Waals surface area contributed by atoms with Crippen molar-refractivity contribution in [2.75, 3.05) is 27.9 Å². The number of nitrogens with one attached hydrogen (secondary N) is 4. The number of fused-ring (bicyclic) bond motifs is 4. The molecule has 734 valence electrons. The molecule has 0 aliphatic rings. The Balaban J connectivity index is 0.000000158. The lowest BCUT2D eigenvalue weighted by atomic mass is 10.1. The predicted molar refractivity (Wildman–Crippen MR) is 476 cm³/mol. The number of aromatic nitrogens is 16. The van der Waals surface area contributed by atoms with Crippen molar-refractivity contribution in [1.82, 2.24) is 76.4 Å². The van der Waals surface area contributed by atoms with Crippen molar-refractivity contribution in [3.63, 3.8) is 0 Å². The molecule has 16 rings (SSSR count). The highest BCUT2D eigenvalue weighted by molar-refractivity contribution is 7.15. The second kappa shape index (κ2) is 40.6. The van der Waals surface area contributed by atoms with Gasteiger partial charge in [0, 0.05) is 125 Å². The maximum absolute atomic E-state index is 14.4. The van der Waals surface area contributed by atoms with Crippen molar-refractivity contribution in [2.45, 2.75) is 50.6 Å². The second-order valence-corrected chi connectivity index (χ2v) is 33.3. The zero-order valence-electron chi connectivity index (χ0n) is 72.5. The molecule has 0 atom stereocenters. The standard InChI is InChI=1S/C22H16F5N5O4S.C21H14F5N5O3S.C21H15F4N5O4S.C21H15F4N5O3S/c1-31-18-16(19(34)32(2)21(31)35)10(3-4-28-18)7-15(33)30-20-29-14(8-37-20)11-5-12(23)17(13(24)6-11)36-9-22(25,26)27;1-30-17-14(18(33)31(2)20(30)34)9(5-6-27-17)7-13(32)29-19-28-12(8-35-19)10-3-4-11(22)15(16(10)23)21(24,25)26;1-29-14-5-6-26-12(17(14)18(32)30(2)20(29)33)8-16(31)28-19-27-13(9-35-19)10-3-4-15(11(22)7-10)34-21(23,24)25;1-29-17-16(18(32)30(2)20(29)33)11(5-6-26-17)8-15(31)28-19-27-14(9-34-19)10-3-4-12(13(22)7-10)21(23,24)25/h3-6,8H,7,9H2,1-2H3,(H,29,30,33);3-6,8H,7H2,1-2H3,(H,28,29,32);3-7,9H,8H2,1-2H3,(H,27,28,31);3-7,9H,8H2,1-2H3,(H,27,28,31). The van der Waals surface area contributed by atoms with E-state index in [4.69, 9.17) is 0 Å². The Labute approximate surface area is 788 Å². The molecule has 0 spiro atoms. The number of rotatable bonds is 19. The zero-order chi connectivity index (χ0) is 103. The molecule has 0 saturated heterocycles. The van der Waals surface area contributed by atoms with Crippen LogP contribution in [0.4, 0.5) is 99.6 Å². The van der Waals surface area contributed by atoms with E-state index in [1.807, 2.05) is 0 Å². The molecule has 0 aliphatic heterocycles. The topological polar surface area (TPSA) is 414 Å². The van der Waals surface area contributed by atoms with Gasteiger partial charge in [0.2, 0.25) is 23.6 Å². The monoisotopic (exact) mass is 2050 g/mol. The first kappa shape index (κ1) is 102. The zero-order valence-corrected chi connectivity index (χ0v) is 75.8. The molecule has 4 N–H and O–H groups in total. The summed E-state index contributed by atoms with van der Waals surface area (Å²) in [6, 6.07) is 14.0. The van der Waals surface area contributed by atoms with Gasteiger partial charge in [0.15, 0.2) is 56.1 Å². The number of hydrogen-bond donors (Lipinski definition) is 4. The first-order valence-corrected chi connectivity index (χ1v) is 43.0. The van der Waals surface area contributed by atoms with Gasteiger partial charge >= 0.3 is 47.7 Å². The van der Waals surface area contributed by atoms with Crippen LogP contribution in [0.25, 0.3) is 89.0 Å². The molecular weight excluding hydrogens is 2000 g/mol. The number of hydrogen-bond acceptors (Lipinski definition) is 26. The van der Waals surface area contributed by atoms with E-state index in [-0.39, 0.29) is 135 Å². The Morgan fingerprint density at radius 2 is 0.730 bits per heavy atom. The normalized spacial score (nSPS) is 11.7. The number of ether oxygens (including phenoxy) is 2. The molecule has 0 radical (unpaired) electrons. The van der Waals surface area contributed by atoms with Gasteiger partial charge in [0.1, 0.15) is 40.0 Å². The Bertz CT molecular complexity index is 8260. The van der Waals surface area contributed by atoms with Crippen molar-refractivity contribution in [3.05, 3.63) is 283 Å². The molecule has 12 aromatic heterocycles. The van der Waals surface area contributed by atoms with E-state index in [1.54, 1.807) is 0 Å². The van der Waals surface area contributed by atoms with Crippen molar-refractivity contribution in [2.24, 2.45) is 56.4 Å². The van der Waals surface area contributed by atoms with Gasteiger partial charge in [-0.2, -0.15) is 39.5 Å². The van der Waals surface area contributed by atoms with Crippen LogP contribution in [-0.4, -0.2) is 119 Å². The van der Waals surface area contributed by atoms with Gasteiger partial charge < -0.3 is 30.7 Å². The second-order valence-electron chi connectivity index (χ2n) is 29.9. The fourth-order valence-electron chi connectivity index (χ4n) is 13.8. The molecule has 0 fully saturated rings. The Morgan fingerprint density at radius 3 is 1.12 bits per heavy atom. The highest BCUT2D eigenvalue weighted by atomic mass is 32.1. The number of halogens is 18. The minimum Gasteiger partial charge on any atom is -0.478 e. The average molecular weight is 2060 g/mol. The van der Waals surface area contributed by atoms with Gasteiger partial charge in [0.05, 0.1) is 86.8 Å². The van der Waals surface area contributed by atoms with Gasteiger partial charge in [0.25, 0.3) is 22.2 Å². The van der Waals surface area contributed by atoms with Crippen LogP contribution < -0.4 is 75.7 Å².